The average molecular weight is 269 g/mol. The lowest BCUT2D eigenvalue weighted by Crippen LogP contribution is -2.52. The van der Waals surface area contributed by atoms with Gasteiger partial charge in [-0.2, -0.15) is 0 Å². The van der Waals surface area contributed by atoms with Crippen LogP contribution in [0, 0.1) is 11.6 Å². The van der Waals surface area contributed by atoms with Crippen molar-refractivity contribution in [1.82, 2.24) is 5.32 Å². The van der Waals surface area contributed by atoms with Crippen LogP contribution in [0.15, 0.2) is 18.2 Å². The van der Waals surface area contributed by atoms with Crippen LogP contribution in [-0.2, 0) is 4.79 Å². The lowest BCUT2D eigenvalue weighted by molar-refractivity contribution is -0.144. The summed E-state index contributed by atoms with van der Waals surface area (Å²) in [6, 6.07) is 2.72. The zero-order valence-corrected chi connectivity index (χ0v) is 10.1. The Kier molecular flexibility index (Phi) is 3.50. The molecule has 1 saturated carbocycles. The summed E-state index contributed by atoms with van der Waals surface area (Å²) >= 11 is 0. The predicted molar refractivity (Wildman–Crippen MR) is 62.7 cm³/mol. The summed E-state index contributed by atoms with van der Waals surface area (Å²) in [6.45, 7) is 0. The van der Waals surface area contributed by atoms with Gasteiger partial charge in [0.15, 0.2) is 11.6 Å². The number of carboxylic acid groups (broad SMARTS) is 1. The molecule has 102 valence electrons. The molecule has 1 fully saturated rings. The average Bonchev–Trinajstić information content (AvgIpc) is 2.82. The second kappa shape index (κ2) is 4.95. The second-order valence-corrected chi connectivity index (χ2v) is 4.68. The third-order valence-electron chi connectivity index (χ3n) is 3.40. The maximum absolute atomic E-state index is 13.0. The Balaban J connectivity index is 2.20. The van der Waals surface area contributed by atoms with Crippen LogP contribution in [0.2, 0.25) is 0 Å². The van der Waals surface area contributed by atoms with Gasteiger partial charge >= 0.3 is 5.97 Å². The molecule has 4 nitrogen and oxygen atoms in total. The third-order valence-corrected chi connectivity index (χ3v) is 3.40. The van der Waals surface area contributed by atoms with Crippen LogP contribution in [0.1, 0.15) is 36.0 Å². The van der Waals surface area contributed by atoms with E-state index in [1.165, 1.54) is 0 Å². The molecule has 0 atom stereocenters. The number of benzene rings is 1. The minimum Gasteiger partial charge on any atom is -0.480 e. The SMILES string of the molecule is O=C(NC1(C(=O)O)CCCC1)c1ccc(F)c(F)c1. The predicted octanol–water partition coefficient (Wildman–Crippen LogP) is 2.09. The number of halogens is 2. The van der Waals surface area contributed by atoms with E-state index >= 15 is 0 Å². The minimum absolute atomic E-state index is 0.0913. The summed E-state index contributed by atoms with van der Waals surface area (Å²) < 4.78 is 25.8. The number of nitrogens with one attached hydrogen (secondary N) is 1. The standard InChI is InChI=1S/C13H13F2NO3/c14-9-4-3-8(7-10(9)15)11(17)16-13(12(18)19)5-1-2-6-13/h3-4,7H,1-2,5-6H2,(H,16,17)(H,18,19). The summed E-state index contributed by atoms with van der Waals surface area (Å²) in [5, 5.41) is 11.6. The van der Waals surface area contributed by atoms with Gasteiger partial charge < -0.3 is 10.4 Å². The number of rotatable bonds is 3. The maximum Gasteiger partial charge on any atom is 0.329 e. The van der Waals surface area contributed by atoms with E-state index in [0.717, 1.165) is 18.2 Å². The Hall–Kier alpha value is -1.98. The first-order chi connectivity index (χ1) is 8.94. The lowest BCUT2D eigenvalue weighted by atomic mass is 9.97. The zero-order chi connectivity index (χ0) is 14.0. The first kappa shape index (κ1) is 13.5. The van der Waals surface area contributed by atoms with Crippen molar-refractivity contribution in [2.45, 2.75) is 31.2 Å². The van der Waals surface area contributed by atoms with E-state index in [1.54, 1.807) is 0 Å². The number of carbonyl (C=O) groups excluding carboxylic acids is 1. The molecule has 19 heavy (non-hydrogen) atoms. The molecule has 1 aromatic carbocycles. The maximum atomic E-state index is 13.0. The summed E-state index contributed by atoms with van der Waals surface area (Å²) in [4.78, 5) is 23.2. The van der Waals surface area contributed by atoms with Gasteiger partial charge in [0, 0.05) is 5.56 Å². The van der Waals surface area contributed by atoms with E-state index in [0.29, 0.717) is 25.7 Å². The second-order valence-electron chi connectivity index (χ2n) is 4.68. The summed E-state index contributed by atoms with van der Waals surface area (Å²) in [5.74, 6) is -3.99. The van der Waals surface area contributed by atoms with E-state index in [9.17, 15) is 23.5 Å². The van der Waals surface area contributed by atoms with Crippen LogP contribution in [0.25, 0.3) is 0 Å². The minimum atomic E-state index is -1.29. The Morgan fingerprint density at radius 2 is 1.79 bits per heavy atom. The third kappa shape index (κ3) is 2.57. The van der Waals surface area contributed by atoms with Crippen molar-refractivity contribution in [1.29, 1.82) is 0 Å². The van der Waals surface area contributed by atoms with E-state index < -0.39 is 29.0 Å². The van der Waals surface area contributed by atoms with E-state index in [2.05, 4.69) is 5.32 Å². The van der Waals surface area contributed by atoms with Crippen LogP contribution in [-0.4, -0.2) is 22.5 Å². The largest absolute Gasteiger partial charge is 0.480 e. The quantitative estimate of drug-likeness (QED) is 0.883. The molecule has 6 heteroatoms. The van der Waals surface area contributed by atoms with Crippen LogP contribution in [0.5, 0.6) is 0 Å². The normalized spacial score (nSPS) is 17.2. The van der Waals surface area contributed by atoms with Crippen LogP contribution < -0.4 is 5.32 Å². The highest BCUT2D eigenvalue weighted by Gasteiger charge is 2.42. The fourth-order valence-corrected chi connectivity index (χ4v) is 2.30. The number of amides is 1. The summed E-state index contributed by atoms with van der Waals surface area (Å²) in [7, 11) is 0. The molecule has 2 rings (SSSR count). The van der Waals surface area contributed by atoms with Gasteiger partial charge in [0.05, 0.1) is 0 Å². The first-order valence-electron chi connectivity index (χ1n) is 5.95. The van der Waals surface area contributed by atoms with Gasteiger partial charge in [-0.25, -0.2) is 13.6 Å². The molecule has 0 radical (unpaired) electrons. The molecule has 0 aliphatic heterocycles. The molecule has 0 spiro atoms. The Morgan fingerprint density at radius 3 is 2.32 bits per heavy atom. The van der Waals surface area contributed by atoms with Crippen molar-refractivity contribution in [2.24, 2.45) is 0 Å². The van der Waals surface area contributed by atoms with E-state index in [1.807, 2.05) is 0 Å². The van der Waals surface area contributed by atoms with Gasteiger partial charge in [-0.15, -0.1) is 0 Å². The molecule has 1 aliphatic rings. The van der Waals surface area contributed by atoms with Crippen molar-refractivity contribution >= 4 is 11.9 Å². The molecular weight excluding hydrogens is 256 g/mol. The van der Waals surface area contributed by atoms with E-state index in [4.69, 9.17) is 0 Å². The fraction of sp³-hybridized carbons (Fsp3) is 0.385. The van der Waals surface area contributed by atoms with Crippen LogP contribution >= 0.6 is 0 Å². The molecule has 1 aromatic rings. The molecule has 0 bridgehead atoms. The highest BCUT2D eigenvalue weighted by Crippen LogP contribution is 2.30. The molecule has 0 unspecified atom stereocenters. The molecule has 1 amide bonds. The van der Waals surface area contributed by atoms with Crippen LogP contribution in [0.3, 0.4) is 0 Å². The molecule has 1 aliphatic carbocycles. The van der Waals surface area contributed by atoms with Crippen molar-refractivity contribution in [3.63, 3.8) is 0 Å². The number of carbonyl (C=O) groups is 2. The number of hydrogen-bond donors (Lipinski definition) is 2. The monoisotopic (exact) mass is 269 g/mol. The molecule has 0 heterocycles. The number of hydrogen-bond acceptors (Lipinski definition) is 2. The first-order valence-corrected chi connectivity index (χ1v) is 5.95. The lowest BCUT2D eigenvalue weighted by Gasteiger charge is -2.25. The van der Waals surface area contributed by atoms with Crippen molar-refractivity contribution in [3.8, 4) is 0 Å². The highest BCUT2D eigenvalue weighted by atomic mass is 19.2. The molecular formula is C13H13F2NO3. The zero-order valence-electron chi connectivity index (χ0n) is 10.1. The van der Waals surface area contributed by atoms with Gasteiger partial charge in [0.1, 0.15) is 5.54 Å². The van der Waals surface area contributed by atoms with Crippen molar-refractivity contribution < 1.29 is 23.5 Å². The van der Waals surface area contributed by atoms with Gasteiger partial charge in [0.25, 0.3) is 5.91 Å². The highest BCUT2D eigenvalue weighted by molar-refractivity contribution is 5.98. The van der Waals surface area contributed by atoms with Gasteiger partial charge in [-0.1, -0.05) is 12.8 Å². The molecule has 0 aromatic heterocycles. The summed E-state index contributed by atoms with van der Waals surface area (Å²) in [6.07, 6.45) is 2.12. The molecule has 0 saturated heterocycles. The van der Waals surface area contributed by atoms with Crippen molar-refractivity contribution in [2.75, 3.05) is 0 Å². The number of aliphatic carboxylic acids is 1. The summed E-state index contributed by atoms with van der Waals surface area (Å²) in [5.41, 5.74) is -1.38. The molecule has 2 N–H and O–H groups in total. The van der Waals surface area contributed by atoms with Gasteiger partial charge in [-0.3, -0.25) is 4.79 Å². The van der Waals surface area contributed by atoms with Gasteiger partial charge in [-0.05, 0) is 31.0 Å². The van der Waals surface area contributed by atoms with Crippen molar-refractivity contribution in [3.05, 3.63) is 35.4 Å². The Morgan fingerprint density at radius 1 is 1.16 bits per heavy atom. The smallest absolute Gasteiger partial charge is 0.329 e. The van der Waals surface area contributed by atoms with E-state index in [-0.39, 0.29) is 5.56 Å². The van der Waals surface area contributed by atoms with Crippen LogP contribution in [0.4, 0.5) is 8.78 Å². The Labute approximate surface area is 108 Å². The van der Waals surface area contributed by atoms with Gasteiger partial charge in [0.2, 0.25) is 0 Å². The number of carboxylic acids is 1. The Bertz CT molecular complexity index is 525. The topological polar surface area (TPSA) is 66.4 Å². The fourth-order valence-electron chi connectivity index (χ4n) is 2.30.